The molecule has 0 bridgehead atoms. The summed E-state index contributed by atoms with van der Waals surface area (Å²) in [5, 5.41) is 1.96. The Morgan fingerprint density at radius 1 is 0.562 bits per heavy atom. The largest absolute Gasteiger partial charge is 0.236 e. The van der Waals surface area contributed by atoms with E-state index in [1.807, 2.05) is 30.3 Å². The molecule has 1 heterocycles. The molecule has 3 aromatic carbocycles. The Kier molecular flexibility index (Phi) is 7.18. The molecule has 4 nitrogen and oxygen atoms in total. The third-order valence-electron chi connectivity index (χ3n) is 4.38. The first-order chi connectivity index (χ1) is 15.5. The van der Waals surface area contributed by atoms with Crippen LogP contribution >= 0.6 is 46.4 Å². The molecular weight excluding hydrogens is 486 g/mol. The summed E-state index contributed by atoms with van der Waals surface area (Å²) >= 11 is 25.0. The van der Waals surface area contributed by atoms with E-state index in [0.29, 0.717) is 48.7 Å². The van der Waals surface area contributed by atoms with Crippen molar-refractivity contribution in [2.45, 2.75) is 0 Å². The van der Waals surface area contributed by atoms with Crippen LogP contribution in [-0.4, -0.2) is 22.4 Å². The zero-order valence-corrected chi connectivity index (χ0v) is 19.4. The molecular formula is C24H14Cl4N4. The molecule has 0 atom stereocenters. The van der Waals surface area contributed by atoms with E-state index in [9.17, 15) is 0 Å². The monoisotopic (exact) mass is 498 g/mol. The maximum absolute atomic E-state index is 6.24. The van der Waals surface area contributed by atoms with E-state index in [1.54, 1.807) is 54.9 Å². The number of benzene rings is 3. The Morgan fingerprint density at radius 3 is 1.44 bits per heavy atom. The molecule has 1 aromatic heterocycles. The van der Waals surface area contributed by atoms with Gasteiger partial charge in [0.1, 0.15) is 0 Å². The Balaban J connectivity index is 1.77. The van der Waals surface area contributed by atoms with E-state index in [-0.39, 0.29) is 0 Å². The molecule has 0 saturated heterocycles. The predicted molar refractivity (Wildman–Crippen MR) is 135 cm³/mol. The van der Waals surface area contributed by atoms with Gasteiger partial charge in [-0.15, -0.1) is 0 Å². The normalized spacial score (nSPS) is 11.5. The fourth-order valence-corrected chi connectivity index (χ4v) is 3.79. The van der Waals surface area contributed by atoms with Crippen LogP contribution in [0.2, 0.25) is 20.1 Å². The second-order valence-electron chi connectivity index (χ2n) is 6.56. The highest BCUT2D eigenvalue weighted by Crippen LogP contribution is 2.27. The summed E-state index contributed by atoms with van der Waals surface area (Å²) in [6.45, 7) is 0. The van der Waals surface area contributed by atoms with Gasteiger partial charge < -0.3 is 0 Å². The van der Waals surface area contributed by atoms with Crippen LogP contribution in [-0.2, 0) is 0 Å². The van der Waals surface area contributed by atoms with Crippen LogP contribution in [0.15, 0.2) is 82.8 Å². The van der Waals surface area contributed by atoms with Crippen molar-refractivity contribution < 1.29 is 0 Å². The molecule has 0 aliphatic carbocycles. The van der Waals surface area contributed by atoms with Gasteiger partial charge >= 0.3 is 0 Å². The molecule has 4 aromatic rings. The number of hydrogen-bond acceptors (Lipinski definition) is 4. The van der Waals surface area contributed by atoms with E-state index in [2.05, 4.69) is 20.0 Å². The Labute approximate surface area is 205 Å². The van der Waals surface area contributed by atoms with Gasteiger partial charge in [0, 0.05) is 35.2 Å². The Morgan fingerprint density at radius 2 is 1.00 bits per heavy atom. The van der Waals surface area contributed by atoms with Crippen molar-refractivity contribution in [2.75, 3.05) is 0 Å². The van der Waals surface area contributed by atoms with Crippen LogP contribution in [0.3, 0.4) is 0 Å². The molecule has 0 unspecified atom stereocenters. The number of aliphatic imine (C=N–C) groups is 2. The highest BCUT2D eigenvalue weighted by atomic mass is 35.5. The van der Waals surface area contributed by atoms with E-state index in [1.165, 1.54) is 0 Å². The minimum Gasteiger partial charge on any atom is -0.236 e. The van der Waals surface area contributed by atoms with Crippen LogP contribution in [0.1, 0.15) is 11.1 Å². The molecule has 0 spiro atoms. The summed E-state index contributed by atoms with van der Waals surface area (Å²) in [6.07, 6.45) is 3.14. The molecule has 0 aliphatic rings. The predicted octanol–water partition coefficient (Wildman–Crippen LogP) is 8.26. The summed E-state index contributed by atoms with van der Waals surface area (Å²) in [7, 11) is 0. The van der Waals surface area contributed by atoms with Gasteiger partial charge in [0.15, 0.2) is 17.5 Å². The second-order valence-corrected chi connectivity index (χ2v) is 8.19. The molecule has 4 rings (SSSR count). The number of nitrogens with zero attached hydrogens (tertiary/aromatic N) is 4. The quantitative estimate of drug-likeness (QED) is 0.259. The summed E-state index contributed by atoms with van der Waals surface area (Å²) in [5.74, 6) is 1.27. The lowest BCUT2D eigenvalue weighted by atomic mass is 10.2. The van der Waals surface area contributed by atoms with E-state index in [4.69, 9.17) is 46.4 Å². The summed E-state index contributed by atoms with van der Waals surface area (Å²) in [5.41, 5.74) is 2.03. The van der Waals surface area contributed by atoms with Crippen molar-refractivity contribution in [1.82, 2.24) is 9.97 Å². The van der Waals surface area contributed by atoms with Crippen molar-refractivity contribution in [3.63, 3.8) is 0 Å². The zero-order chi connectivity index (χ0) is 22.5. The number of aromatic nitrogens is 2. The van der Waals surface area contributed by atoms with Gasteiger partial charge in [-0.3, -0.25) is 0 Å². The van der Waals surface area contributed by atoms with Crippen molar-refractivity contribution in [2.24, 2.45) is 9.98 Å². The van der Waals surface area contributed by atoms with E-state index in [0.717, 1.165) is 5.56 Å². The topological polar surface area (TPSA) is 50.5 Å². The lowest BCUT2D eigenvalue weighted by Crippen LogP contribution is -1.91. The Hall–Kier alpha value is -2.76. The van der Waals surface area contributed by atoms with Gasteiger partial charge in [-0.25, -0.2) is 20.0 Å². The fourth-order valence-electron chi connectivity index (χ4n) is 2.80. The summed E-state index contributed by atoms with van der Waals surface area (Å²) in [6, 6.07) is 21.7. The minimum atomic E-state index is 0.396. The standard InChI is InChI=1S/C24H14Cl4N4/c25-18-8-4-9-19(26)16(18)13-29-22-12-23(30-14-17-20(27)10-5-11-21(17)28)32-24(31-22)15-6-2-1-3-7-15/h1-14H/b29-13+,30-14?. The van der Waals surface area contributed by atoms with Crippen LogP contribution in [0.25, 0.3) is 11.4 Å². The van der Waals surface area contributed by atoms with E-state index >= 15 is 0 Å². The van der Waals surface area contributed by atoms with Crippen LogP contribution in [0, 0.1) is 0 Å². The summed E-state index contributed by atoms with van der Waals surface area (Å²) in [4.78, 5) is 18.0. The lowest BCUT2D eigenvalue weighted by Gasteiger charge is -2.05. The van der Waals surface area contributed by atoms with Crippen molar-refractivity contribution in [3.8, 4) is 11.4 Å². The average molecular weight is 500 g/mol. The summed E-state index contributed by atoms with van der Waals surface area (Å²) < 4.78 is 0. The Bertz CT molecular complexity index is 1200. The third-order valence-corrected chi connectivity index (χ3v) is 5.70. The molecule has 0 N–H and O–H groups in total. The van der Waals surface area contributed by atoms with Gasteiger partial charge in [0.2, 0.25) is 0 Å². The second kappa shape index (κ2) is 10.2. The molecule has 0 saturated carbocycles. The molecule has 0 fully saturated rings. The maximum Gasteiger partial charge on any atom is 0.164 e. The van der Waals surface area contributed by atoms with Crippen LogP contribution < -0.4 is 0 Å². The molecule has 0 radical (unpaired) electrons. The maximum atomic E-state index is 6.24. The first kappa shape index (κ1) is 22.4. The highest BCUT2D eigenvalue weighted by Gasteiger charge is 2.08. The number of hydrogen-bond donors (Lipinski definition) is 0. The fraction of sp³-hybridized carbons (Fsp3) is 0. The van der Waals surface area contributed by atoms with Crippen LogP contribution in [0.5, 0.6) is 0 Å². The van der Waals surface area contributed by atoms with Crippen molar-refractivity contribution in [3.05, 3.63) is 104 Å². The van der Waals surface area contributed by atoms with Gasteiger partial charge in [-0.2, -0.15) is 0 Å². The lowest BCUT2D eigenvalue weighted by molar-refractivity contribution is 1.15. The van der Waals surface area contributed by atoms with E-state index < -0.39 is 0 Å². The first-order valence-corrected chi connectivity index (χ1v) is 10.9. The van der Waals surface area contributed by atoms with Gasteiger partial charge in [-0.05, 0) is 24.3 Å². The van der Waals surface area contributed by atoms with Crippen molar-refractivity contribution >= 4 is 70.5 Å². The van der Waals surface area contributed by atoms with Crippen LogP contribution in [0.4, 0.5) is 11.6 Å². The van der Waals surface area contributed by atoms with Gasteiger partial charge in [-0.1, -0.05) is 88.9 Å². The van der Waals surface area contributed by atoms with Crippen molar-refractivity contribution in [1.29, 1.82) is 0 Å². The number of rotatable bonds is 5. The molecule has 8 heteroatoms. The first-order valence-electron chi connectivity index (χ1n) is 9.42. The molecule has 32 heavy (non-hydrogen) atoms. The van der Waals surface area contributed by atoms with Gasteiger partial charge in [0.05, 0.1) is 20.1 Å². The third kappa shape index (κ3) is 5.34. The molecule has 158 valence electrons. The van der Waals surface area contributed by atoms with Gasteiger partial charge in [0.25, 0.3) is 0 Å². The number of halogens is 4. The smallest absolute Gasteiger partial charge is 0.164 e. The molecule has 0 amide bonds. The zero-order valence-electron chi connectivity index (χ0n) is 16.4. The SMILES string of the molecule is Clc1cccc(Cl)c1C=Nc1cc(/N=C/c2c(Cl)cccc2Cl)nc(-c2ccccc2)n1. The average Bonchev–Trinajstić information content (AvgIpc) is 2.79. The minimum absolute atomic E-state index is 0.396. The molecule has 0 aliphatic heterocycles. The highest BCUT2D eigenvalue weighted by molar-refractivity contribution is 6.39.